The van der Waals surface area contributed by atoms with E-state index >= 15 is 0 Å². The molecule has 6 heteroatoms. The van der Waals surface area contributed by atoms with Crippen LogP contribution in [0, 0.1) is 0 Å². The van der Waals surface area contributed by atoms with Gasteiger partial charge in [0.1, 0.15) is 5.75 Å². The Balaban J connectivity index is 1.73. The number of amides is 2. The number of methoxy groups -OCH3 is 1. The molecule has 1 fully saturated rings. The molecule has 0 spiro atoms. The summed E-state index contributed by atoms with van der Waals surface area (Å²) in [5.74, 6) is 0.967. The Morgan fingerprint density at radius 3 is 2.64 bits per heavy atom. The third-order valence-corrected chi connectivity index (χ3v) is 4.43. The first kappa shape index (κ1) is 19.2. The maximum atomic E-state index is 12.5. The van der Waals surface area contributed by atoms with Crippen molar-refractivity contribution in [3.8, 4) is 5.75 Å². The van der Waals surface area contributed by atoms with Gasteiger partial charge in [-0.05, 0) is 24.1 Å². The number of hydrogen-bond acceptors (Lipinski definition) is 4. The lowest BCUT2D eigenvalue weighted by Crippen LogP contribution is -2.51. The van der Waals surface area contributed by atoms with Gasteiger partial charge in [0.05, 0.1) is 20.1 Å². The molecule has 0 aromatic heterocycles. The van der Waals surface area contributed by atoms with Gasteiger partial charge in [-0.1, -0.05) is 25.5 Å². The van der Waals surface area contributed by atoms with Crippen molar-refractivity contribution in [2.45, 2.75) is 26.2 Å². The molecule has 25 heavy (non-hydrogen) atoms. The fourth-order valence-corrected chi connectivity index (χ4v) is 2.89. The van der Waals surface area contributed by atoms with Crippen LogP contribution >= 0.6 is 0 Å². The van der Waals surface area contributed by atoms with Gasteiger partial charge in [-0.25, -0.2) is 0 Å². The molecule has 1 saturated heterocycles. The minimum absolute atomic E-state index is 0.0737. The van der Waals surface area contributed by atoms with Crippen molar-refractivity contribution >= 4 is 11.8 Å². The van der Waals surface area contributed by atoms with Crippen LogP contribution in [0.2, 0.25) is 0 Å². The van der Waals surface area contributed by atoms with Crippen LogP contribution < -0.4 is 10.1 Å². The highest BCUT2D eigenvalue weighted by atomic mass is 16.5. The zero-order valence-corrected chi connectivity index (χ0v) is 15.3. The average Bonchev–Trinajstić information content (AvgIpc) is 2.62. The summed E-state index contributed by atoms with van der Waals surface area (Å²) < 4.78 is 5.20. The van der Waals surface area contributed by atoms with Crippen LogP contribution in [0.4, 0.5) is 0 Å². The van der Waals surface area contributed by atoms with Gasteiger partial charge in [-0.3, -0.25) is 14.5 Å². The smallest absolute Gasteiger partial charge is 0.234 e. The molecule has 0 aliphatic carbocycles. The number of carbonyl (C=O) groups excluding carboxylic acids is 2. The molecule has 0 radical (unpaired) electrons. The van der Waals surface area contributed by atoms with Crippen molar-refractivity contribution in [1.82, 2.24) is 15.1 Å². The van der Waals surface area contributed by atoms with Gasteiger partial charge in [0.15, 0.2) is 0 Å². The van der Waals surface area contributed by atoms with Crippen LogP contribution in [-0.2, 0) is 16.0 Å². The second kappa shape index (κ2) is 10.0. The molecule has 0 bridgehead atoms. The topological polar surface area (TPSA) is 61.9 Å². The Labute approximate surface area is 150 Å². The van der Waals surface area contributed by atoms with Crippen LogP contribution in [0.5, 0.6) is 5.75 Å². The Morgan fingerprint density at radius 2 is 1.96 bits per heavy atom. The number of unbranched alkanes of at least 4 members (excludes halogenated alkanes) is 1. The van der Waals surface area contributed by atoms with Gasteiger partial charge >= 0.3 is 0 Å². The SMILES string of the molecule is CCCCNC(=O)CN1CCN(C(=O)Cc2cccc(OC)c2)CC1. The first-order chi connectivity index (χ1) is 12.1. The highest BCUT2D eigenvalue weighted by Gasteiger charge is 2.22. The summed E-state index contributed by atoms with van der Waals surface area (Å²) in [6.45, 7) is 6.09. The number of nitrogens with zero attached hydrogens (tertiary/aromatic N) is 2. The van der Waals surface area contributed by atoms with Crippen molar-refractivity contribution in [3.63, 3.8) is 0 Å². The van der Waals surface area contributed by atoms with E-state index < -0.39 is 0 Å². The number of carbonyl (C=O) groups is 2. The summed E-state index contributed by atoms with van der Waals surface area (Å²) in [5, 5.41) is 2.94. The molecule has 0 atom stereocenters. The summed E-state index contributed by atoms with van der Waals surface area (Å²) in [6.07, 6.45) is 2.47. The summed E-state index contributed by atoms with van der Waals surface area (Å²) in [7, 11) is 1.62. The van der Waals surface area contributed by atoms with Crippen LogP contribution in [0.15, 0.2) is 24.3 Å². The van der Waals surface area contributed by atoms with E-state index in [0.29, 0.717) is 26.1 Å². The van der Waals surface area contributed by atoms with E-state index in [-0.39, 0.29) is 11.8 Å². The van der Waals surface area contributed by atoms with Gasteiger partial charge in [0.25, 0.3) is 0 Å². The van der Waals surface area contributed by atoms with Crippen molar-refractivity contribution in [2.24, 2.45) is 0 Å². The van der Waals surface area contributed by atoms with Gasteiger partial charge in [-0.2, -0.15) is 0 Å². The van der Waals surface area contributed by atoms with Gasteiger partial charge in [0, 0.05) is 32.7 Å². The molecule has 6 nitrogen and oxygen atoms in total. The Kier molecular flexibility index (Phi) is 7.73. The minimum atomic E-state index is 0.0737. The minimum Gasteiger partial charge on any atom is -0.497 e. The number of benzene rings is 1. The fourth-order valence-electron chi connectivity index (χ4n) is 2.89. The van der Waals surface area contributed by atoms with Crippen molar-refractivity contribution in [2.75, 3.05) is 46.4 Å². The number of nitrogens with one attached hydrogen (secondary N) is 1. The predicted molar refractivity (Wildman–Crippen MR) is 97.6 cm³/mol. The third-order valence-electron chi connectivity index (χ3n) is 4.43. The number of piperazine rings is 1. The quantitative estimate of drug-likeness (QED) is 0.720. The van der Waals surface area contributed by atoms with Crippen LogP contribution in [0.1, 0.15) is 25.3 Å². The highest BCUT2D eigenvalue weighted by Crippen LogP contribution is 2.14. The van der Waals surface area contributed by atoms with Gasteiger partial charge in [0.2, 0.25) is 11.8 Å². The lowest BCUT2D eigenvalue weighted by Gasteiger charge is -2.34. The van der Waals surface area contributed by atoms with Crippen molar-refractivity contribution in [3.05, 3.63) is 29.8 Å². The summed E-state index contributed by atoms with van der Waals surface area (Å²) in [6, 6.07) is 7.61. The lowest BCUT2D eigenvalue weighted by atomic mass is 10.1. The Hall–Kier alpha value is -2.08. The first-order valence-corrected chi connectivity index (χ1v) is 9.02. The molecule has 138 valence electrons. The van der Waals surface area contributed by atoms with E-state index in [1.807, 2.05) is 29.2 Å². The van der Waals surface area contributed by atoms with E-state index in [4.69, 9.17) is 4.74 Å². The maximum absolute atomic E-state index is 12.5. The molecule has 1 aliphatic rings. The molecule has 1 N–H and O–H groups in total. The Bertz CT molecular complexity index is 569. The zero-order chi connectivity index (χ0) is 18.1. The predicted octanol–water partition coefficient (Wildman–Crippen LogP) is 1.30. The van der Waals surface area contributed by atoms with Crippen LogP contribution in [0.25, 0.3) is 0 Å². The van der Waals surface area contributed by atoms with Gasteiger partial charge in [-0.15, -0.1) is 0 Å². The molecule has 0 unspecified atom stereocenters. The molecule has 1 aromatic rings. The third kappa shape index (κ3) is 6.38. The summed E-state index contributed by atoms with van der Waals surface area (Å²) >= 11 is 0. The monoisotopic (exact) mass is 347 g/mol. The second-order valence-electron chi connectivity index (χ2n) is 6.39. The molecular formula is C19H29N3O3. The summed E-state index contributed by atoms with van der Waals surface area (Å²) in [4.78, 5) is 28.3. The van der Waals surface area contributed by atoms with Crippen molar-refractivity contribution < 1.29 is 14.3 Å². The van der Waals surface area contributed by atoms with Crippen LogP contribution in [0.3, 0.4) is 0 Å². The molecular weight excluding hydrogens is 318 g/mol. The van der Waals surface area contributed by atoms with E-state index in [1.165, 1.54) is 0 Å². The number of hydrogen-bond donors (Lipinski definition) is 1. The zero-order valence-electron chi connectivity index (χ0n) is 15.3. The fraction of sp³-hybridized carbons (Fsp3) is 0.579. The Morgan fingerprint density at radius 1 is 1.20 bits per heavy atom. The molecule has 1 aliphatic heterocycles. The van der Waals surface area contributed by atoms with E-state index in [1.54, 1.807) is 7.11 Å². The van der Waals surface area contributed by atoms with Gasteiger partial charge < -0.3 is 15.0 Å². The number of ether oxygens (including phenoxy) is 1. The standard InChI is InChI=1S/C19H29N3O3/c1-3-4-8-20-18(23)15-21-9-11-22(12-10-21)19(24)14-16-6-5-7-17(13-16)25-2/h5-7,13H,3-4,8-12,14-15H2,1-2H3,(H,20,23). The highest BCUT2D eigenvalue weighted by molar-refractivity contribution is 5.79. The molecule has 1 aromatic carbocycles. The van der Waals surface area contributed by atoms with Crippen molar-refractivity contribution in [1.29, 1.82) is 0 Å². The molecule has 1 heterocycles. The largest absolute Gasteiger partial charge is 0.497 e. The lowest BCUT2D eigenvalue weighted by molar-refractivity contribution is -0.132. The van der Waals surface area contributed by atoms with E-state index in [0.717, 1.165) is 43.8 Å². The molecule has 2 amide bonds. The second-order valence-corrected chi connectivity index (χ2v) is 6.39. The van der Waals surface area contributed by atoms with E-state index in [9.17, 15) is 9.59 Å². The number of rotatable bonds is 8. The normalized spacial score (nSPS) is 15.0. The maximum Gasteiger partial charge on any atom is 0.234 e. The van der Waals surface area contributed by atoms with Crippen LogP contribution in [-0.4, -0.2) is 68.0 Å². The molecule has 0 saturated carbocycles. The first-order valence-electron chi connectivity index (χ1n) is 9.02. The average molecular weight is 347 g/mol. The summed E-state index contributed by atoms with van der Waals surface area (Å²) in [5.41, 5.74) is 0.960. The van der Waals surface area contributed by atoms with E-state index in [2.05, 4.69) is 17.1 Å². The molecule has 2 rings (SSSR count).